The van der Waals surface area contributed by atoms with Crippen LogP contribution in [0.2, 0.25) is 0 Å². The number of thioether (sulfide) groups is 2. The zero-order valence-corrected chi connectivity index (χ0v) is 12.3. The van der Waals surface area contributed by atoms with Gasteiger partial charge in [0.25, 0.3) is 0 Å². The van der Waals surface area contributed by atoms with Crippen LogP contribution in [-0.2, 0) is 37.5 Å². The maximum Gasteiger partial charge on any atom is 3.00 e. The van der Waals surface area contributed by atoms with E-state index < -0.39 is 0 Å². The maximum atomic E-state index is 11.3. The number of hydrogen-bond acceptors (Lipinski definition) is 3. The summed E-state index contributed by atoms with van der Waals surface area (Å²) in [6, 6.07) is 0. The molecule has 68 valence electrons. The Morgan fingerprint density at radius 3 is 2.62 bits per heavy atom. The predicted octanol–water partition coefficient (Wildman–Crippen LogP) is 2.36. The van der Waals surface area contributed by atoms with Gasteiger partial charge in [-0.05, 0) is 0 Å². The van der Waals surface area contributed by atoms with E-state index in [9.17, 15) is 4.79 Å². The Hall–Kier alpha value is 1.47. The van der Waals surface area contributed by atoms with Crippen molar-refractivity contribution in [2.45, 2.75) is 23.8 Å². The molecule has 1 saturated heterocycles. The van der Waals surface area contributed by atoms with E-state index in [1.54, 1.807) is 0 Å². The van der Waals surface area contributed by atoms with Gasteiger partial charge >= 0.3 is 32.7 Å². The fourth-order valence-electron chi connectivity index (χ4n) is 1.79. The van der Waals surface area contributed by atoms with Crippen LogP contribution in [0.15, 0.2) is 0 Å². The summed E-state index contributed by atoms with van der Waals surface area (Å²) in [5, 5.41) is 0. The van der Waals surface area contributed by atoms with E-state index >= 15 is 0 Å². The third-order valence-electron chi connectivity index (χ3n) is 2.51. The summed E-state index contributed by atoms with van der Waals surface area (Å²) in [6.07, 6.45) is 4.12. The van der Waals surface area contributed by atoms with Crippen molar-refractivity contribution in [1.82, 2.24) is 0 Å². The monoisotopic (exact) mass is 290 g/mol. The van der Waals surface area contributed by atoms with Gasteiger partial charge in [-0.25, -0.2) is 0 Å². The first kappa shape index (κ1) is 12.5. The summed E-state index contributed by atoms with van der Waals surface area (Å²) in [5.74, 6) is 3.12. The number of rotatable bonds is 0. The molecule has 0 radical (unpaired) electrons. The second-order valence-corrected chi connectivity index (χ2v) is 6.54. The molecule has 13 heavy (non-hydrogen) atoms. The number of carbonyl (C=O) groups is 1. The molecule has 0 bridgehead atoms. The second-order valence-electron chi connectivity index (χ2n) is 3.43. The zero-order valence-electron chi connectivity index (χ0n) is 7.79. The van der Waals surface area contributed by atoms with Crippen molar-refractivity contribution in [2.75, 3.05) is 11.5 Å². The Morgan fingerprint density at radius 1 is 1.46 bits per heavy atom. The number of carbonyl (C=O) groups excluding carboxylic acids is 1. The van der Waals surface area contributed by atoms with Gasteiger partial charge in [0, 0.05) is 17.9 Å². The molecule has 0 amide bonds. The number of hydrogen-bond donors (Lipinski definition) is 0. The molecule has 1 saturated carbocycles. The summed E-state index contributed by atoms with van der Waals surface area (Å²) in [4.78, 5) is 11.3. The third-order valence-corrected chi connectivity index (χ3v) is 5.95. The SMILES string of the molecule is CC1[CH-]C2(CCC1=O)SCCS2.[Y+3]. The standard InChI is InChI=1S/C9H13OS2.Y/c1-7-6-9(3-2-8(7)10)11-4-5-12-9;/h6-7H,2-5H2,1H3;/q-1;+3. The van der Waals surface area contributed by atoms with Crippen molar-refractivity contribution in [1.29, 1.82) is 0 Å². The molecule has 2 rings (SSSR count). The minimum absolute atomic E-state index is 0. The Balaban J connectivity index is 0.000000845. The molecule has 0 aromatic heterocycles. The van der Waals surface area contributed by atoms with Crippen molar-refractivity contribution in [3.63, 3.8) is 0 Å². The second kappa shape index (κ2) is 5.00. The van der Waals surface area contributed by atoms with Gasteiger partial charge in [0.05, 0.1) is 0 Å². The van der Waals surface area contributed by atoms with Gasteiger partial charge < -0.3 is 4.79 Å². The minimum atomic E-state index is 0. The van der Waals surface area contributed by atoms with Crippen LogP contribution in [0.4, 0.5) is 0 Å². The van der Waals surface area contributed by atoms with Gasteiger partial charge in [0.2, 0.25) is 0 Å². The van der Waals surface area contributed by atoms with Gasteiger partial charge in [-0.3, -0.25) is 6.42 Å². The van der Waals surface area contributed by atoms with Crippen LogP contribution < -0.4 is 0 Å². The molecule has 2 aliphatic rings. The minimum Gasteiger partial charge on any atom is -0.302 e. The summed E-state index contributed by atoms with van der Waals surface area (Å²) >= 11 is 4.05. The van der Waals surface area contributed by atoms with Crippen LogP contribution >= 0.6 is 23.5 Å². The fraction of sp³-hybridized carbons (Fsp3) is 0.778. The van der Waals surface area contributed by atoms with E-state index in [-0.39, 0.29) is 38.6 Å². The average Bonchev–Trinajstić information content (AvgIpc) is 2.47. The average molecular weight is 290 g/mol. The van der Waals surface area contributed by atoms with Crippen molar-refractivity contribution in [2.24, 2.45) is 5.92 Å². The molecule has 1 nitrogen and oxygen atoms in total. The maximum absolute atomic E-state index is 11.3. The first-order valence-corrected chi connectivity index (χ1v) is 6.36. The summed E-state index contributed by atoms with van der Waals surface area (Å²) in [5.41, 5.74) is 0. The molecular formula is C9H13OS2Y+2. The smallest absolute Gasteiger partial charge is 0.302 e. The van der Waals surface area contributed by atoms with Gasteiger partial charge in [-0.15, -0.1) is 5.92 Å². The quantitative estimate of drug-likeness (QED) is 0.638. The van der Waals surface area contributed by atoms with E-state index in [1.165, 1.54) is 11.5 Å². The largest absolute Gasteiger partial charge is 3.00 e. The van der Waals surface area contributed by atoms with Crippen molar-refractivity contribution < 1.29 is 37.5 Å². The summed E-state index contributed by atoms with van der Waals surface area (Å²) < 4.78 is 0.313. The van der Waals surface area contributed by atoms with Crippen LogP contribution in [0.5, 0.6) is 0 Å². The first-order chi connectivity index (χ1) is 5.72. The van der Waals surface area contributed by atoms with Crippen molar-refractivity contribution in [3.05, 3.63) is 6.42 Å². The van der Waals surface area contributed by atoms with Gasteiger partial charge in [-0.1, -0.05) is 17.4 Å². The van der Waals surface area contributed by atoms with Crippen molar-refractivity contribution in [3.8, 4) is 0 Å². The van der Waals surface area contributed by atoms with Crippen LogP contribution in [0.1, 0.15) is 19.8 Å². The van der Waals surface area contributed by atoms with E-state index in [0.29, 0.717) is 9.86 Å². The van der Waals surface area contributed by atoms with E-state index in [4.69, 9.17) is 0 Å². The molecule has 1 aliphatic carbocycles. The third kappa shape index (κ3) is 2.73. The molecule has 1 atom stereocenters. The fourth-order valence-corrected chi connectivity index (χ4v) is 5.08. The van der Waals surface area contributed by atoms with Crippen LogP contribution in [0.3, 0.4) is 0 Å². The number of ketones is 1. The van der Waals surface area contributed by atoms with Gasteiger partial charge in [0.1, 0.15) is 5.78 Å². The summed E-state index contributed by atoms with van der Waals surface area (Å²) in [6.45, 7) is 2.03. The first-order valence-electron chi connectivity index (χ1n) is 4.38. The van der Waals surface area contributed by atoms with Crippen LogP contribution in [0, 0.1) is 12.3 Å². The van der Waals surface area contributed by atoms with Gasteiger partial charge in [-0.2, -0.15) is 23.5 Å². The Morgan fingerprint density at radius 2 is 2.08 bits per heavy atom. The topological polar surface area (TPSA) is 17.1 Å². The molecule has 1 unspecified atom stereocenters. The molecule has 0 aromatic carbocycles. The van der Waals surface area contributed by atoms with E-state index in [1.807, 2.05) is 30.4 Å². The normalized spacial score (nSPS) is 31.8. The molecule has 0 aromatic rings. The number of Topliss-reactive ketones (excluding diaryl/α,β-unsaturated/α-hetero) is 1. The van der Waals surface area contributed by atoms with Crippen LogP contribution in [-0.4, -0.2) is 21.4 Å². The Labute approximate surface area is 113 Å². The molecule has 4 heteroatoms. The summed E-state index contributed by atoms with van der Waals surface area (Å²) in [7, 11) is 0. The molecule has 1 heterocycles. The van der Waals surface area contributed by atoms with Gasteiger partial charge in [0.15, 0.2) is 0 Å². The molecular weight excluding hydrogens is 277 g/mol. The molecule has 1 spiro atoms. The van der Waals surface area contributed by atoms with E-state index in [0.717, 1.165) is 12.8 Å². The molecule has 2 fully saturated rings. The molecule has 0 N–H and O–H groups in total. The zero-order chi connectivity index (χ0) is 8.60. The Kier molecular flexibility index (Phi) is 4.83. The van der Waals surface area contributed by atoms with Crippen molar-refractivity contribution >= 4 is 29.3 Å². The Bertz CT molecular complexity index is 202. The van der Waals surface area contributed by atoms with Crippen LogP contribution in [0.25, 0.3) is 0 Å². The molecule has 1 aliphatic heterocycles. The van der Waals surface area contributed by atoms with E-state index in [2.05, 4.69) is 6.42 Å². The predicted molar refractivity (Wildman–Crippen MR) is 55.4 cm³/mol.